The van der Waals surface area contributed by atoms with Crippen LogP contribution in [-0.2, 0) is 17.4 Å². The quantitative estimate of drug-likeness (QED) is 0.864. The molecule has 94 valence electrons. The molecule has 3 nitrogen and oxygen atoms in total. The summed E-state index contributed by atoms with van der Waals surface area (Å²) in [6, 6.07) is 2.52. The number of carboxylic acids is 1. The second-order valence-corrected chi connectivity index (χ2v) is 3.78. The van der Waals surface area contributed by atoms with E-state index < -0.39 is 29.4 Å². The molecular formula is C11H11F3O3. The van der Waals surface area contributed by atoms with Crippen LogP contribution in [-0.4, -0.2) is 16.2 Å². The van der Waals surface area contributed by atoms with Gasteiger partial charge in [0.1, 0.15) is 5.75 Å². The van der Waals surface area contributed by atoms with E-state index in [4.69, 9.17) is 5.11 Å². The summed E-state index contributed by atoms with van der Waals surface area (Å²) in [5, 5.41) is 18.0. The van der Waals surface area contributed by atoms with Crippen LogP contribution in [0.25, 0.3) is 0 Å². The summed E-state index contributed by atoms with van der Waals surface area (Å²) in [5.74, 6) is -2.37. The number of hydrogen-bond donors (Lipinski definition) is 2. The fraction of sp³-hybridized carbons (Fsp3) is 0.364. The number of rotatable bonds is 3. The number of aromatic hydroxyl groups is 1. The average Bonchev–Trinajstić information content (AvgIpc) is 2.19. The standard InChI is InChI=1S/C11H11F3O3/c1-6(10(16)17)4-7-2-3-8(5-9(7)15)11(12,13)14/h2-3,5-6,15H,4H2,1H3,(H,16,17). The van der Waals surface area contributed by atoms with Gasteiger partial charge < -0.3 is 10.2 Å². The first-order chi connectivity index (χ1) is 7.71. The van der Waals surface area contributed by atoms with E-state index in [1.54, 1.807) is 0 Å². The van der Waals surface area contributed by atoms with E-state index in [1.165, 1.54) is 6.92 Å². The molecule has 0 heterocycles. The topological polar surface area (TPSA) is 57.5 Å². The number of alkyl halides is 3. The summed E-state index contributed by atoms with van der Waals surface area (Å²) in [6.07, 6.45) is -4.53. The highest BCUT2D eigenvalue weighted by molar-refractivity contribution is 5.70. The predicted molar refractivity (Wildman–Crippen MR) is 53.6 cm³/mol. The monoisotopic (exact) mass is 248 g/mol. The Labute approximate surface area is 95.5 Å². The lowest BCUT2D eigenvalue weighted by Gasteiger charge is -2.11. The van der Waals surface area contributed by atoms with Gasteiger partial charge in [-0.25, -0.2) is 0 Å². The molecule has 0 saturated heterocycles. The molecule has 0 aliphatic heterocycles. The van der Waals surface area contributed by atoms with Crippen molar-refractivity contribution >= 4 is 5.97 Å². The molecule has 17 heavy (non-hydrogen) atoms. The van der Waals surface area contributed by atoms with Gasteiger partial charge in [0.2, 0.25) is 0 Å². The fourth-order valence-corrected chi connectivity index (χ4v) is 1.33. The first-order valence-electron chi connectivity index (χ1n) is 4.83. The van der Waals surface area contributed by atoms with Crippen molar-refractivity contribution in [2.75, 3.05) is 0 Å². The van der Waals surface area contributed by atoms with Crippen molar-refractivity contribution in [2.45, 2.75) is 19.5 Å². The van der Waals surface area contributed by atoms with E-state index in [2.05, 4.69) is 0 Å². The number of halogens is 3. The van der Waals surface area contributed by atoms with Crippen molar-refractivity contribution in [3.8, 4) is 5.75 Å². The Bertz CT molecular complexity index is 426. The molecule has 0 aliphatic rings. The van der Waals surface area contributed by atoms with Crippen molar-refractivity contribution in [2.24, 2.45) is 5.92 Å². The van der Waals surface area contributed by atoms with Crippen LogP contribution in [0.3, 0.4) is 0 Å². The van der Waals surface area contributed by atoms with Crippen molar-refractivity contribution in [1.82, 2.24) is 0 Å². The maximum Gasteiger partial charge on any atom is 0.416 e. The van der Waals surface area contributed by atoms with E-state index in [9.17, 15) is 23.1 Å². The summed E-state index contributed by atoms with van der Waals surface area (Å²) in [6.45, 7) is 1.42. The molecule has 1 unspecified atom stereocenters. The van der Waals surface area contributed by atoms with Crippen LogP contribution < -0.4 is 0 Å². The minimum Gasteiger partial charge on any atom is -0.508 e. The molecule has 0 amide bonds. The lowest BCUT2D eigenvalue weighted by Crippen LogP contribution is -2.12. The van der Waals surface area contributed by atoms with Crippen LogP contribution in [0.2, 0.25) is 0 Å². The molecule has 0 aliphatic carbocycles. The number of phenols is 1. The largest absolute Gasteiger partial charge is 0.508 e. The highest BCUT2D eigenvalue weighted by Crippen LogP contribution is 2.33. The van der Waals surface area contributed by atoms with Gasteiger partial charge in [-0.15, -0.1) is 0 Å². The van der Waals surface area contributed by atoms with E-state index in [0.717, 1.165) is 12.1 Å². The maximum atomic E-state index is 12.3. The van der Waals surface area contributed by atoms with Crippen LogP contribution in [0.15, 0.2) is 18.2 Å². The number of benzene rings is 1. The summed E-state index contributed by atoms with van der Waals surface area (Å²) in [5.41, 5.74) is -0.769. The van der Waals surface area contributed by atoms with Crippen LogP contribution in [0.5, 0.6) is 5.75 Å². The first-order valence-corrected chi connectivity index (χ1v) is 4.83. The average molecular weight is 248 g/mol. The van der Waals surface area contributed by atoms with Crippen LogP contribution in [0.1, 0.15) is 18.1 Å². The van der Waals surface area contributed by atoms with Crippen LogP contribution in [0.4, 0.5) is 13.2 Å². The van der Waals surface area contributed by atoms with Crippen molar-refractivity contribution in [3.63, 3.8) is 0 Å². The Morgan fingerprint density at radius 2 is 2.00 bits per heavy atom. The summed E-state index contributed by atoms with van der Waals surface area (Å²) >= 11 is 0. The number of carbonyl (C=O) groups is 1. The lowest BCUT2D eigenvalue weighted by atomic mass is 9.99. The van der Waals surface area contributed by atoms with Gasteiger partial charge in [0.05, 0.1) is 11.5 Å². The lowest BCUT2D eigenvalue weighted by molar-refractivity contribution is -0.141. The SMILES string of the molecule is CC(Cc1ccc(C(F)(F)F)cc1O)C(=O)O. The van der Waals surface area contributed by atoms with Gasteiger partial charge in [-0.1, -0.05) is 13.0 Å². The van der Waals surface area contributed by atoms with Gasteiger partial charge in [-0.3, -0.25) is 4.79 Å². The third-order valence-corrected chi connectivity index (χ3v) is 2.36. The molecule has 0 aromatic heterocycles. The van der Waals surface area contributed by atoms with Gasteiger partial charge in [0, 0.05) is 0 Å². The van der Waals surface area contributed by atoms with Gasteiger partial charge in [-0.05, 0) is 24.1 Å². The zero-order valence-corrected chi connectivity index (χ0v) is 8.95. The Balaban J connectivity index is 2.95. The smallest absolute Gasteiger partial charge is 0.416 e. The van der Waals surface area contributed by atoms with E-state index in [-0.39, 0.29) is 12.0 Å². The molecule has 6 heteroatoms. The zero-order valence-electron chi connectivity index (χ0n) is 8.95. The van der Waals surface area contributed by atoms with Gasteiger partial charge in [-0.2, -0.15) is 13.2 Å². The number of hydrogen-bond acceptors (Lipinski definition) is 2. The van der Waals surface area contributed by atoms with Crippen molar-refractivity contribution in [3.05, 3.63) is 29.3 Å². The highest BCUT2D eigenvalue weighted by atomic mass is 19.4. The second kappa shape index (κ2) is 4.65. The minimum absolute atomic E-state index is 0.0146. The minimum atomic E-state index is -4.52. The third-order valence-electron chi connectivity index (χ3n) is 2.36. The molecule has 0 saturated carbocycles. The van der Waals surface area contributed by atoms with Crippen molar-refractivity contribution < 1.29 is 28.2 Å². The fourth-order valence-electron chi connectivity index (χ4n) is 1.33. The highest BCUT2D eigenvalue weighted by Gasteiger charge is 2.31. The zero-order chi connectivity index (χ0) is 13.2. The summed E-state index contributed by atoms with van der Waals surface area (Å²) in [7, 11) is 0. The van der Waals surface area contributed by atoms with Gasteiger partial charge >= 0.3 is 12.1 Å². The Morgan fingerprint density at radius 1 is 1.41 bits per heavy atom. The summed E-state index contributed by atoms with van der Waals surface area (Å²) in [4.78, 5) is 10.6. The molecule has 1 aromatic rings. The Morgan fingerprint density at radius 3 is 2.41 bits per heavy atom. The second-order valence-electron chi connectivity index (χ2n) is 3.78. The first kappa shape index (κ1) is 13.3. The Hall–Kier alpha value is -1.72. The van der Waals surface area contributed by atoms with Crippen LogP contribution >= 0.6 is 0 Å². The van der Waals surface area contributed by atoms with Crippen LogP contribution in [0, 0.1) is 5.92 Å². The molecule has 1 rings (SSSR count). The molecule has 1 atom stereocenters. The van der Waals surface area contributed by atoms with E-state index >= 15 is 0 Å². The molecule has 2 N–H and O–H groups in total. The number of aliphatic carboxylic acids is 1. The van der Waals surface area contributed by atoms with E-state index in [0.29, 0.717) is 6.07 Å². The number of phenolic OH excluding ortho intramolecular Hbond substituents is 1. The molecule has 0 bridgehead atoms. The number of carboxylic acid groups (broad SMARTS) is 1. The van der Waals surface area contributed by atoms with Crippen molar-refractivity contribution in [1.29, 1.82) is 0 Å². The van der Waals surface area contributed by atoms with Gasteiger partial charge in [0.25, 0.3) is 0 Å². The predicted octanol–water partition coefficient (Wildman–Crippen LogP) is 2.67. The maximum absolute atomic E-state index is 12.3. The molecule has 0 fully saturated rings. The molecule has 1 aromatic carbocycles. The normalized spacial score (nSPS) is 13.4. The van der Waals surface area contributed by atoms with Gasteiger partial charge in [0.15, 0.2) is 0 Å². The van der Waals surface area contributed by atoms with E-state index in [1.807, 2.05) is 0 Å². The third kappa shape index (κ3) is 3.37. The molecule has 0 radical (unpaired) electrons. The molecule has 0 spiro atoms. The molecular weight excluding hydrogens is 237 g/mol. The summed E-state index contributed by atoms with van der Waals surface area (Å²) < 4.78 is 36.9. The Kier molecular flexibility index (Phi) is 3.65.